The molecule has 0 spiro atoms. The number of aromatic nitrogens is 1. The molecule has 0 aliphatic rings. The molecule has 1 heterocycles. The standard InChI is InChI=1S/C12H16N4O4S/c1-20-7-6-14-12(17)4-5-16-21(18,19)11-3-2-10(8-13)15-9-11/h2-3,9,16H,4-7H2,1H3,(H,14,17). The molecule has 1 aromatic heterocycles. The predicted molar refractivity (Wildman–Crippen MR) is 73.6 cm³/mol. The van der Waals surface area contributed by atoms with E-state index in [-0.39, 0.29) is 29.5 Å². The molecule has 0 aliphatic heterocycles. The lowest BCUT2D eigenvalue weighted by Crippen LogP contribution is -2.32. The topological polar surface area (TPSA) is 121 Å². The fourth-order valence-corrected chi connectivity index (χ4v) is 2.34. The maximum absolute atomic E-state index is 11.9. The number of carbonyl (C=O) groups is 1. The number of methoxy groups -OCH3 is 1. The average molecular weight is 312 g/mol. The van der Waals surface area contributed by atoms with Crippen LogP contribution in [0.4, 0.5) is 0 Å². The van der Waals surface area contributed by atoms with Crippen molar-refractivity contribution in [3.8, 4) is 6.07 Å². The summed E-state index contributed by atoms with van der Waals surface area (Å²) < 4.78 is 30.8. The van der Waals surface area contributed by atoms with Crippen LogP contribution in [0.2, 0.25) is 0 Å². The Morgan fingerprint density at radius 2 is 2.19 bits per heavy atom. The van der Waals surface area contributed by atoms with Crippen LogP contribution in [0.25, 0.3) is 0 Å². The molecule has 114 valence electrons. The van der Waals surface area contributed by atoms with Crippen molar-refractivity contribution >= 4 is 15.9 Å². The van der Waals surface area contributed by atoms with Crippen LogP contribution in [0.15, 0.2) is 23.2 Å². The van der Waals surface area contributed by atoms with E-state index in [1.54, 1.807) is 6.07 Å². The Labute approximate surface area is 123 Å². The predicted octanol–water partition coefficient (Wildman–Crippen LogP) is -0.616. The third-order valence-corrected chi connectivity index (χ3v) is 3.88. The molecule has 9 heteroatoms. The normalized spacial score (nSPS) is 10.9. The molecule has 0 saturated heterocycles. The minimum absolute atomic E-state index is 0.0205. The van der Waals surface area contributed by atoms with Crippen LogP contribution in [-0.4, -0.2) is 46.1 Å². The van der Waals surface area contributed by atoms with Gasteiger partial charge in [0.2, 0.25) is 15.9 Å². The summed E-state index contributed by atoms with van der Waals surface area (Å²) in [5, 5.41) is 11.2. The second-order valence-corrected chi connectivity index (χ2v) is 5.75. The quantitative estimate of drug-likeness (QED) is 0.617. The molecule has 2 N–H and O–H groups in total. The number of carbonyl (C=O) groups excluding carboxylic acids is 1. The monoisotopic (exact) mass is 312 g/mol. The average Bonchev–Trinajstić information content (AvgIpc) is 2.47. The summed E-state index contributed by atoms with van der Waals surface area (Å²) in [6, 6.07) is 4.39. The van der Waals surface area contributed by atoms with Gasteiger partial charge >= 0.3 is 0 Å². The van der Waals surface area contributed by atoms with E-state index in [0.717, 1.165) is 6.20 Å². The number of pyridine rings is 1. The number of rotatable bonds is 8. The lowest BCUT2D eigenvalue weighted by Gasteiger charge is -2.07. The summed E-state index contributed by atoms with van der Waals surface area (Å²) in [7, 11) is -2.21. The molecule has 1 rings (SSSR count). The van der Waals surface area contributed by atoms with E-state index in [2.05, 4.69) is 15.0 Å². The van der Waals surface area contributed by atoms with Gasteiger partial charge in [-0.2, -0.15) is 5.26 Å². The largest absolute Gasteiger partial charge is 0.383 e. The van der Waals surface area contributed by atoms with Crippen molar-refractivity contribution < 1.29 is 17.9 Å². The van der Waals surface area contributed by atoms with Gasteiger partial charge in [-0.3, -0.25) is 4.79 Å². The van der Waals surface area contributed by atoms with Crippen LogP contribution in [0.5, 0.6) is 0 Å². The van der Waals surface area contributed by atoms with Crippen LogP contribution in [0, 0.1) is 11.3 Å². The first-order valence-electron chi connectivity index (χ1n) is 6.11. The van der Waals surface area contributed by atoms with Crippen LogP contribution < -0.4 is 10.0 Å². The molecule has 0 atom stereocenters. The smallest absolute Gasteiger partial charge is 0.242 e. The Morgan fingerprint density at radius 3 is 2.76 bits per heavy atom. The Morgan fingerprint density at radius 1 is 1.43 bits per heavy atom. The molecular weight excluding hydrogens is 296 g/mol. The van der Waals surface area contributed by atoms with Gasteiger partial charge in [-0.1, -0.05) is 0 Å². The van der Waals surface area contributed by atoms with E-state index in [0.29, 0.717) is 13.2 Å². The lowest BCUT2D eigenvalue weighted by atomic mass is 10.4. The number of sulfonamides is 1. The highest BCUT2D eigenvalue weighted by Gasteiger charge is 2.14. The molecule has 0 aromatic carbocycles. The number of nitriles is 1. The zero-order chi connectivity index (χ0) is 15.7. The molecule has 21 heavy (non-hydrogen) atoms. The Hall–Kier alpha value is -2.02. The van der Waals surface area contributed by atoms with E-state index >= 15 is 0 Å². The fourth-order valence-electron chi connectivity index (χ4n) is 1.37. The van der Waals surface area contributed by atoms with Gasteiger partial charge in [-0.15, -0.1) is 0 Å². The van der Waals surface area contributed by atoms with Crippen LogP contribution in [0.3, 0.4) is 0 Å². The molecule has 0 radical (unpaired) electrons. The third kappa shape index (κ3) is 5.86. The zero-order valence-corrected chi connectivity index (χ0v) is 12.3. The van der Waals surface area contributed by atoms with Gasteiger partial charge in [0.15, 0.2) is 0 Å². The van der Waals surface area contributed by atoms with Gasteiger partial charge in [0, 0.05) is 32.8 Å². The van der Waals surface area contributed by atoms with E-state index in [1.165, 1.54) is 19.2 Å². The summed E-state index contributed by atoms with van der Waals surface area (Å²) >= 11 is 0. The minimum Gasteiger partial charge on any atom is -0.383 e. The SMILES string of the molecule is COCCNC(=O)CCNS(=O)(=O)c1ccc(C#N)nc1. The molecule has 1 amide bonds. The molecule has 0 unspecified atom stereocenters. The zero-order valence-electron chi connectivity index (χ0n) is 11.5. The van der Waals surface area contributed by atoms with Crippen molar-refractivity contribution in [1.82, 2.24) is 15.0 Å². The summed E-state index contributed by atoms with van der Waals surface area (Å²) in [5.74, 6) is -0.271. The van der Waals surface area contributed by atoms with E-state index < -0.39 is 10.0 Å². The minimum atomic E-state index is -3.73. The second-order valence-electron chi connectivity index (χ2n) is 3.98. The Bertz CT molecular complexity index is 607. The van der Waals surface area contributed by atoms with E-state index in [1.807, 2.05) is 0 Å². The maximum Gasteiger partial charge on any atom is 0.242 e. The van der Waals surface area contributed by atoms with Crippen molar-refractivity contribution in [3.63, 3.8) is 0 Å². The van der Waals surface area contributed by atoms with Gasteiger partial charge in [0.05, 0.1) is 6.61 Å². The first-order chi connectivity index (χ1) is 9.99. The molecule has 0 fully saturated rings. The van der Waals surface area contributed by atoms with Crippen LogP contribution >= 0.6 is 0 Å². The van der Waals surface area contributed by atoms with Crippen molar-refractivity contribution in [2.24, 2.45) is 0 Å². The summed E-state index contributed by atoms with van der Waals surface area (Å²) in [5.41, 5.74) is 0.131. The molecule has 0 bridgehead atoms. The fraction of sp³-hybridized carbons (Fsp3) is 0.417. The first kappa shape index (κ1) is 17.0. The highest BCUT2D eigenvalue weighted by atomic mass is 32.2. The highest BCUT2D eigenvalue weighted by Crippen LogP contribution is 2.07. The van der Waals surface area contributed by atoms with Gasteiger partial charge in [-0.05, 0) is 12.1 Å². The molecular formula is C12H16N4O4S. The number of nitrogens with one attached hydrogen (secondary N) is 2. The second kappa shape index (κ2) is 8.31. The maximum atomic E-state index is 11.9. The van der Waals surface area contributed by atoms with Crippen molar-refractivity contribution in [2.45, 2.75) is 11.3 Å². The number of nitrogens with zero attached hydrogens (tertiary/aromatic N) is 2. The summed E-state index contributed by atoms with van der Waals surface area (Å²) in [6.07, 6.45) is 1.12. The van der Waals surface area contributed by atoms with Crippen LogP contribution in [0.1, 0.15) is 12.1 Å². The number of hydrogen-bond donors (Lipinski definition) is 2. The van der Waals surface area contributed by atoms with Crippen molar-refractivity contribution in [3.05, 3.63) is 24.0 Å². The van der Waals surface area contributed by atoms with Gasteiger partial charge in [-0.25, -0.2) is 18.1 Å². The number of hydrogen-bond acceptors (Lipinski definition) is 6. The van der Waals surface area contributed by atoms with E-state index in [4.69, 9.17) is 10.00 Å². The third-order valence-electron chi connectivity index (χ3n) is 2.43. The highest BCUT2D eigenvalue weighted by molar-refractivity contribution is 7.89. The molecule has 0 saturated carbocycles. The van der Waals surface area contributed by atoms with Gasteiger partial charge < -0.3 is 10.1 Å². The first-order valence-corrected chi connectivity index (χ1v) is 7.59. The molecule has 0 aliphatic carbocycles. The van der Waals surface area contributed by atoms with Crippen LogP contribution in [-0.2, 0) is 19.6 Å². The number of ether oxygens (including phenoxy) is 1. The number of amides is 1. The molecule has 1 aromatic rings. The van der Waals surface area contributed by atoms with E-state index in [9.17, 15) is 13.2 Å². The summed E-state index contributed by atoms with van der Waals surface area (Å²) in [6.45, 7) is 0.747. The Kier molecular flexibility index (Phi) is 6.74. The van der Waals surface area contributed by atoms with Crippen molar-refractivity contribution in [1.29, 1.82) is 5.26 Å². The van der Waals surface area contributed by atoms with Crippen molar-refractivity contribution in [2.75, 3.05) is 26.8 Å². The van der Waals surface area contributed by atoms with Gasteiger partial charge in [0.25, 0.3) is 0 Å². The summed E-state index contributed by atoms with van der Waals surface area (Å²) in [4.78, 5) is 15.0. The Balaban J connectivity index is 2.46. The van der Waals surface area contributed by atoms with Gasteiger partial charge in [0.1, 0.15) is 16.7 Å². The molecule has 8 nitrogen and oxygen atoms in total. The lowest BCUT2D eigenvalue weighted by molar-refractivity contribution is -0.121.